The third-order valence-corrected chi connectivity index (χ3v) is 3.14. The van der Waals surface area contributed by atoms with Crippen LogP contribution in [0.1, 0.15) is 31.1 Å². The minimum Gasteiger partial charge on any atom is -0.377 e. The molecule has 0 saturated heterocycles. The van der Waals surface area contributed by atoms with Gasteiger partial charge in [0, 0.05) is 6.20 Å². The second-order valence-corrected chi connectivity index (χ2v) is 4.91. The Balaban J connectivity index is 2.26. The summed E-state index contributed by atoms with van der Waals surface area (Å²) in [4.78, 5) is 4.32. The lowest BCUT2D eigenvalue weighted by atomic mass is 9.95. The maximum Gasteiger partial charge on any atom is 0.0603 e. The number of anilines is 1. The first-order chi connectivity index (χ1) is 8.68. The molecule has 0 radical (unpaired) electrons. The molecule has 1 atom stereocenters. The average Bonchev–Trinajstić information content (AvgIpc) is 2.38. The van der Waals surface area contributed by atoms with Crippen molar-refractivity contribution in [3.63, 3.8) is 0 Å². The van der Waals surface area contributed by atoms with E-state index in [-0.39, 0.29) is 0 Å². The fourth-order valence-corrected chi connectivity index (χ4v) is 2.10. The first-order valence-electron chi connectivity index (χ1n) is 6.41. The Morgan fingerprint density at radius 1 is 1.00 bits per heavy atom. The number of pyridine rings is 1. The summed E-state index contributed by atoms with van der Waals surface area (Å²) in [5.41, 5.74) is 3.47. The van der Waals surface area contributed by atoms with Crippen molar-refractivity contribution in [1.82, 2.24) is 4.98 Å². The average molecular weight is 240 g/mol. The summed E-state index contributed by atoms with van der Waals surface area (Å²) in [5, 5.41) is 3.60. The van der Waals surface area contributed by atoms with Gasteiger partial charge in [-0.25, -0.2) is 0 Å². The Morgan fingerprint density at radius 3 is 2.33 bits per heavy atom. The van der Waals surface area contributed by atoms with Gasteiger partial charge >= 0.3 is 0 Å². The molecule has 0 bridgehead atoms. The zero-order valence-corrected chi connectivity index (χ0v) is 11.2. The third kappa shape index (κ3) is 2.89. The first kappa shape index (κ1) is 12.6. The van der Waals surface area contributed by atoms with Gasteiger partial charge in [0.2, 0.25) is 0 Å². The highest BCUT2D eigenvalue weighted by Crippen LogP contribution is 2.27. The smallest absolute Gasteiger partial charge is 0.0603 e. The van der Waals surface area contributed by atoms with Gasteiger partial charge in [-0.05, 0) is 30.5 Å². The Kier molecular flexibility index (Phi) is 3.98. The van der Waals surface area contributed by atoms with Gasteiger partial charge in [0.15, 0.2) is 0 Å². The fraction of sp³-hybridized carbons (Fsp3) is 0.312. The van der Waals surface area contributed by atoms with Crippen LogP contribution in [-0.2, 0) is 0 Å². The van der Waals surface area contributed by atoms with Crippen molar-refractivity contribution in [3.05, 3.63) is 59.9 Å². The van der Waals surface area contributed by atoms with Crippen molar-refractivity contribution in [2.75, 3.05) is 5.32 Å². The molecule has 2 rings (SSSR count). The van der Waals surface area contributed by atoms with E-state index in [4.69, 9.17) is 0 Å². The lowest BCUT2D eigenvalue weighted by Gasteiger charge is -2.24. The molecule has 1 heterocycles. The maximum absolute atomic E-state index is 4.32. The van der Waals surface area contributed by atoms with Crippen molar-refractivity contribution >= 4 is 5.69 Å². The van der Waals surface area contributed by atoms with E-state index in [0.29, 0.717) is 12.0 Å². The summed E-state index contributed by atoms with van der Waals surface area (Å²) in [6, 6.07) is 14.9. The fourth-order valence-electron chi connectivity index (χ4n) is 2.10. The molecule has 0 spiro atoms. The van der Waals surface area contributed by atoms with Crippen molar-refractivity contribution in [3.8, 4) is 0 Å². The molecule has 0 aliphatic carbocycles. The summed E-state index contributed by atoms with van der Waals surface area (Å²) >= 11 is 0. The summed E-state index contributed by atoms with van der Waals surface area (Å²) in [6.45, 7) is 6.50. The second kappa shape index (κ2) is 5.67. The zero-order valence-electron chi connectivity index (χ0n) is 11.2. The quantitative estimate of drug-likeness (QED) is 0.866. The Morgan fingerprint density at radius 2 is 1.72 bits per heavy atom. The van der Waals surface area contributed by atoms with Crippen LogP contribution in [0.25, 0.3) is 0 Å². The summed E-state index contributed by atoms with van der Waals surface area (Å²) in [5.74, 6) is 0.520. The van der Waals surface area contributed by atoms with Crippen LogP contribution in [0.15, 0.2) is 48.7 Å². The molecule has 2 aromatic rings. The summed E-state index contributed by atoms with van der Waals surface area (Å²) in [7, 11) is 0. The lowest BCUT2D eigenvalue weighted by Crippen LogP contribution is -2.17. The summed E-state index contributed by atoms with van der Waals surface area (Å²) in [6.07, 6.45) is 1.83. The van der Waals surface area contributed by atoms with Gasteiger partial charge in [0.1, 0.15) is 0 Å². The Labute approximate surface area is 109 Å². The number of nitrogens with zero attached hydrogens (tertiary/aromatic N) is 1. The Hall–Kier alpha value is -1.83. The van der Waals surface area contributed by atoms with Gasteiger partial charge in [-0.1, -0.05) is 44.2 Å². The highest BCUT2D eigenvalue weighted by Gasteiger charge is 2.15. The molecule has 0 amide bonds. The molecular weight excluding hydrogens is 220 g/mol. The van der Waals surface area contributed by atoms with Crippen LogP contribution in [0, 0.1) is 12.8 Å². The molecule has 18 heavy (non-hydrogen) atoms. The molecule has 1 aromatic carbocycles. The monoisotopic (exact) mass is 240 g/mol. The topological polar surface area (TPSA) is 24.9 Å². The molecule has 2 heteroatoms. The molecule has 0 fully saturated rings. The third-order valence-electron chi connectivity index (χ3n) is 3.14. The van der Waals surface area contributed by atoms with Gasteiger partial charge < -0.3 is 5.32 Å². The van der Waals surface area contributed by atoms with Crippen molar-refractivity contribution < 1.29 is 0 Å². The van der Waals surface area contributed by atoms with E-state index in [1.54, 1.807) is 0 Å². The van der Waals surface area contributed by atoms with Crippen LogP contribution in [0.4, 0.5) is 5.69 Å². The SMILES string of the molecule is Cc1ncccc1NC(c1ccccc1)C(C)C. The largest absolute Gasteiger partial charge is 0.377 e. The Bertz CT molecular complexity index is 491. The van der Waals surface area contributed by atoms with Gasteiger partial charge in [-0.2, -0.15) is 0 Å². The van der Waals surface area contributed by atoms with E-state index in [9.17, 15) is 0 Å². The van der Waals surface area contributed by atoms with Crippen molar-refractivity contribution in [2.45, 2.75) is 26.8 Å². The van der Waals surface area contributed by atoms with Gasteiger partial charge in [-0.3, -0.25) is 4.98 Å². The van der Waals surface area contributed by atoms with Gasteiger partial charge in [0.05, 0.1) is 17.4 Å². The molecule has 2 nitrogen and oxygen atoms in total. The first-order valence-corrected chi connectivity index (χ1v) is 6.41. The highest BCUT2D eigenvalue weighted by molar-refractivity contribution is 5.49. The molecular formula is C16H20N2. The number of benzene rings is 1. The van der Waals surface area contributed by atoms with Gasteiger partial charge in [-0.15, -0.1) is 0 Å². The van der Waals surface area contributed by atoms with E-state index in [1.807, 2.05) is 19.2 Å². The second-order valence-electron chi connectivity index (χ2n) is 4.91. The molecule has 0 aliphatic rings. The minimum absolute atomic E-state index is 0.314. The maximum atomic E-state index is 4.32. The lowest BCUT2D eigenvalue weighted by molar-refractivity contribution is 0.546. The number of hydrogen-bond donors (Lipinski definition) is 1. The van der Waals surface area contributed by atoms with E-state index < -0.39 is 0 Å². The van der Waals surface area contributed by atoms with E-state index in [0.717, 1.165) is 11.4 Å². The number of rotatable bonds is 4. The van der Waals surface area contributed by atoms with Crippen LogP contribution >= 0.6 is 0 Å². The molecule has 94 valence electrons. The summed E-state index contributed by atoms with van der Waals surface area (Å²) < 4.78 is 0. The van der Waals surface area contributed by atoms with E-state index in [1.165, 1.54) is 5.56 Å². The zero-order chi connectivity index (χ0) is 13.0. The van der Waals surface area contributed by atoms with E-state index in [2.05, 4.69) is 60.5 Å². The highest BCUT2D eigenvalue weighted by atomic mass is 14.9. The van der Waals surface area contributed by atoms with Crippen LogP contribution in [0.2, 0.25) is 0 Å². The molecule has 0 aliphatic heterocycles. The van der Waals surface area contributed by atoms with Crippen LogP contribution in [-0.4, -0.2) is 4.98 Å². The minimum atomic E-state index is 0.314. The predicted molar refractivity (Wildman–Crippen MR) is 76.6 cm³/mol. The number of aryl methyl sites for hydroxylation is 1. The van der Waals surface area contributed by atoms with E-state index >= 15 is 0 Å². The molecule has 1 N–H and O–H groups in total. The van der Waals surface area contributed by atoms with Crippen molar-refractivity contribution in [1.29, 1.82) is 0 Å². The molecule has 0 saturated carbocycles. The number of hydrogen-bond acceptors (Lipinski definition) is 2. The van der Waals surface area contributed by atoms with Crippen LogP contribution in [0.5, 0.6) is 0 Å². The standard InChI is InChI=1S/C16H20N2/c1-12(2)16(14-8-5-4-6-9-14)18-15-10-7-11-17-13(15)3/h4-12,16,18H,1-3H3. The molecule has 1 unspecified atom stereocenters. The number of nitrogens with one attached hydrogen (secondary N) is 1. The number of aromatic nitrogens is 1. The normalized spacial score (nSPS) is 12.4. The van der Waals surface area contributed by atoms with Crippen LogP contribution in [0.3, 0.4) is 0 Å². The van der Waals surface area contributed by atoms with Gasteiger partial charge in [0.25, 0.3) is 0 Å². The molecule has 1 aromatic heterocycles. The predicted octanol–water partition coefficient (Wildman–Crippen LogP) is 4.20. The van der Waals surface area contributed by atoms with Crippen LogP contribution < -0.4 is 5.32 Å². The van der Waals surface area contributed by atoms with Crippen molar-refractivity contribution in [2.24, 2.45) is 5.92 Å².